The Hall–Kier alpha value is -1.59. The first kappa shape index (κ1) is 12.9. The van der Waals surface area contributed by atoms with Crippen molar-refractivity contribution in [1.82, 2.24) is 15.5 Å². The third kappa shape index (κ3) is 3.00. The van der Waals surface area contributed by atoms with Crippen molar-refractivity contribution in [3.8, 4) is 0 Å². The van der Waals surface area contributed by atoms with E-state index in [1.54, 1.807) is 0 Å². The van der Waals surface area contributed by atoms with Crippen molar-refractivity contribution >= 4 is 17.8 Å². The number of carbonyl (C=O) groups excluding carboxylic acids is 3. The minimum Gasteiger partial charge on any atom is -0.352 e. The summed E-state index contributed by atoms with van der Waals surface area (Å²) in [7, 11) is 0. The molecule has 6 nitrogen and oxygen atoms in total. The number of rotatable bonds is 5. The molecule has 2 fully saturated rings. The van der Waals surface area contributed by atoms with E-state index in [1.807, 2.05) is 13.8 Å². The van der Waals surface area contributed by atoms with Gasteiger partial charge in [0.15, 0.2) is 0 Å². The summed E-state index contributed by atoms with van der Waals surface area (Å²) in [4.78, 5) is 36.2. The van der Waals surface area contributed by atoms with E-state index >= 15 is 0 Å². The average molecular weight is 253 g/mol. The first-order chi connectivity index (χ1) is 8.47. The molecule has 1 aliphatic carbocycles. The maximum Gasteiger partial charge on any atom is 0.325 e. The Labute approximate surface area is 106 Å². The fraction of sp³-hybridized carbons (Fsp3) is 0.750. The van der Waals surface area contributed by atoms with Crippen LogP contribution in [0.5, 0.6) is 0 Å². The van der Waals surface area contributed by atoms with Gasteiger partial charge in [0.1, 0.15) is 12.6 Å². The van der Waals surface area contributed by atoms with Gasteiger partial charge in [-0.3, -0.25) is 14.5 Å². The van der Waals surface area contributed by atoms with Gasteiger partial charge in [-0.15, -0.1) is 0 Å². The average Bonchev–Trinajstić information content (AvgIpc) is 3.02. The molecule has 4 amide bonds. The summed E-state index contributed by atoms with van der Waals surface area (Å²) in [5.74, 6) is -0.231. The Morgan fingerprint density at radius 1 is 1.44 bits per heavy atom. The number of hydrogen-bond acceptors (Lipinski definition) is 3. The zero-order valence-electron chi connectivity index (χ0n) is 10.7. The molecular formula is C12H19N3O3. The van der Waals surface area contributed by atoms with E-state index in [-0.39, 0.29) is 24.4 Å². The van der Waals surface area contributed by atoms with Gasteiger partial charge in [0.25, 0.3) is 5.91 Å². The largest absolute Gasteiger partial charge is 0.352 e. The number of hydrogen-bond donors (Lipinski definition) is 2. The Morgan fingerprint density at radius 3 is 2.67 bits per heavy atom. The molecule has 18 heavy (non-hydrogen) atoms. The molecule has 2 aliphatic rings. The number of carbonyl (C=O) groups is 3. The van der Waals surface area contributed by atoms with Crippen LogP contribution in [0, 0.1) is 5.92 Å². The minimum absolute atomic E-state index is 0.171. The molecule has 0 aromatic rings. The van der Waals surface area contributed by atoms with Crippen LogP contribution in [0.15, 0.2) is 0 Å². The third-order valence-corrected chi connectivity index (χ3v) is 3.06. The van der Waals surface area contributed by atoms with E-state index in [2.05, 4.69) is 10.6 Å². The number of urea groups is 1. The fourth-order valence-corrected chi connectivity index (χ4v) is 2.00. The van der Waals surface area contributed by atoms with Crippen molar-refractivity contribution < 1.29 is 14.4 Å². The van der Waals surface area contributed by atoms with Crippen molar-refractivity contribution in [3.05, 3.63) is 0 Å². The summed E-state index contributed by atoms with van der Waals surface area (Å²) in [6.45, 7) is 3.81. The van der Waals surface area contributed by atoms with Gasteiger partial charge in [-0.05, 0) is 25.2 Å². The molecule has 0 bridgehead atoms. The van der Waals surface area contributed by atoms with Crippen LogP contribution in [0.2, 0.25) is 0 Å². The fourth-order valence-electron chi connectivity index (χ4n) is 2.00. The lowest BCUT2D eigenvalue weighted by atomic mass is 10.0. The Kier molecular flexibility index (Phi) is 3.54. The molecule has 1 unspecified atom stereocenters. The van der Waals surface area contributed by atoms with Crippen molar-refractivity contribution in [1.29, 1.82) is 0 Å². The number of nitrogens with zero attached hydrogens (tertiary/aromatic N) is 1. The Morgan fingerprint density at radius 2 is 2.11 bits per heavy atom. The Bertz CT molecular complexity index is 377. The highest BCUT2D eigenvalue weighted by Gasteiger charge is 2.39. The summed E-state index contributed by atoms with van der Waals surface area (Å²) in [6, 6.07) is -0.701. The van der Waals surface area contributed by atoms with Crippen LogP contribution < -0.4 is 10.6 Å². The van der Waals surface area contributed by atoms with Crippen molar-refractivity contribution in [2.75, 3.05) is 6.54 Å². The van der Waals surface area contributed by atoms with E-state index < -0.39 is 12.1 Å². The molecule has 0 radical (unpaired) electrons. The van der Waals surface area contributed by atoms with Crippen LogP contribution in [0.3, 0.4) is 0 Å². The molecule has 1 aliphatic heterocycles. The molecule has 0 spiro atoms. The van der Waals surface area contributed by atoms with E-state index in [0.717, 1.165) is 17.7 Å². The third-order valence-electron chi connectivity index (χ3n) is 3.06. The second-order valence-electron chi connectivity index (χ2n) is 5.40. The van der Waals surface area contributed by atoms with Gasteiger partial charge in [0, 0.05) is 6.04 Å². The van der Waals surface area contributed by atoms with Gasteiger partial charge in [0.05, 0.1) is 0 Å². The second kappa shape index (κ2) is 4.96. The quantitative estimate of drug-likeness (QED) is 0.688. The Balaban J connectivity index is 1.89. The van der Waals surface area contributed by atoms with Gasteiger partial charge >= 0.3 is 6.03 Å². The highest BCUT2D eigenvalue weighted by Crippen LogP contribution is 2.19. The molecule has 0 aromatic carbocycles. The van der Waals surface area contributed by atoms with Gasteiger partial charge in [0.2, 0.25) is 5.91 Å². The molecular weight excluding hydrogens is 234 g/mol. The van der Waals surface area contributed by atoms with Crippen LogP contribution in [0.25, 0.3) is 0 Å². The predicted octanol–water partition coefficient (Wildman–Crippen LogP) is 0.231. The smallest absolute Gasteiger partial charge is 0.325 e. The standard InChI is InChI=1S/C12H19N3O3/c1-7(2)5-9-11(17)15(12(18)14-9)6-10(16)13-8-3-4-8/h7-9H,3-6H2,1-2H3,(H,13,16)(H,14,18). The topological polar surface area (TPSA) is 78.5 Å². The van der Waals surface area contributed by atoms with Crippen LogP contribution in [0.1, 0.15) is 33.1 Å². The predicted molar refractivity (Wildman–Crippen MR) is 64.7 cm³/mol. The molecule has 2 rings (SSSR count). The monoisotopic (exact) mass is 253 g/mol. The van der Waals surface area contributed by atoms with Crippen molar-refractivity contribution in [3.63, 3.8) is 0 Å². The summed E-state index contributed by atoms with van der Waals surface area (Å²) >= 11 is 0. The van der Waals surface area contributed by atoms with E-state index in [9.17, 15) is 14.4 Å². The highest BCUT2D eigenvalue weighted by atomic mass is 16.2. The van der Waals surface area contributed by atoms with Crippen molar-refractivity contribution in [2.45, 2.75) is 45.2 Å². The maximum atomic E-state index is 12.0. The first-order valence-corrected chi connectivity index (χ1v) is 6.38. The van der Waals surface area contributed by atoms with Crippen LogP contribution in [-0.4, -0.2) is 41.4 Å². The number of nitrogens with one attached hydrogen (secondary N) is 2. The van der Waals surface area contributed by atoms with Crippen molar-refractivity contribution in [2.24, 2.45) is 5.92 Å². The van der Waals surface area contributed by atoms with Crippen LogP contribution in [0.4, 0.5) is 4.79 Å². The summed E-state index contributed by atoms with van der Waals surface area (Å²) in [5, 5.41) is 5.38. The second-order valence-corrected chi connectivity index (χ2v) is 5.40. The SMILES string of the molecule is CC(C)CC1NC(=O)N(CC(=O)NC2CC2)C1=O. The highest BCUT2D eigenvalue weighted by molar-refractivity contribution is 6.06. The maximum absolute atomic E-state index is 12.0. The molecule has 0 aromatic heterocycles. The molecule has 1 atom stereocenters. The summed E-state index contributed by atoms with van der Waals surface area (Å²) in [5.41, 5.74) is 0. The molecule has 1 heterocycles. The zero-order valence-corrected chi connectivity index (χ0v) is 10.7. The lowest BCUT2D eigenvalue weighted by Gasteiger charge is -2.13. The molecule has 2 N–H and O–H groups in total. The molecule has 1 saturated heterocycles. The van der Waals surface area contributed by atoms with E-state index in [0.29, 0.717) is 12.3 Å². The van der Waals surface area contributed by atoms with Crippen LogP contribution >= 0.6 is 0 Å². The summed E-state index contributed by atoms with van der Waals surface area (Å²) in [6.07, 6.45) is 2.58. The molecule has 1 saturated carbocycles. The van der Waals surface area contributed by atoms with Gasteiger partial charge in [-0.2, -0.15) is 0 Å². The van der Waals surface area contributed by atoms with Crippen LogP contribution in [-0.2, 0) is 9.59 Å². The minimum atomic E-state index is -0.480. The lowest BCUT2D eigenvalue weighted by Crippen LogP contribution is -2.41. The first-order valence-electron chi connectivity index (χ1n) is 6.38. The number of imide groups is 1. The molecule has 100 valence electrons. The number of amides is 4. The normalized spacial score (nSPS) is 23.5. The van der Waals surface area contributed by atoms with Gasteiger partial charge in [-0.25, -0.2) is 4.79 Å². The van der Waals surface area contributed by atoms with E-state index in [4.69, 9.17) is 0 Å². The molecule has 6 heteroatoms. The van der Waals surface area contributed by atoms with E-state index in [1.165, 1.54) is 0 Å². The van der Waals surface area contributed by atoms with Gasteiger partial charge in [-0.1, -0.05) is 13.8 Å². The zero-order chi connectivity index (χ0) is 13.3. The summed E-state index contributed by atoms with van der Waals surface area (Å²) < 4.78 is 0. The van der Waals surface area contributed by atoms with Gasteiger partial charge < -0.3 is 10.6 Å². The lowest BCUT2D eigenvalue weighted by molar-refractivity contribution is -0.132.